The molecule has 5 nitrogen and oxygen atoms in total. The summed E-state index contributed by atoms with van der Waals surface area (Å²) >= 11 is 0. The minimum Gasteiger partial charge on any atom is -0.508 e. The SMILES string of the molecule is O=Cc1cc(-c2ccc(O)cc2CCC(=O)O)ccc1-c1cccnc1. The third kappa shape index (κ3) is 3.78. The molecule has 0 fully saturated rings. The number of aliphatic carboxylic acids is 1. The molecule has 1 heterocycles. The second kappa shape index (κ2) is 7.61. The lowest BCUT2D eigenvalue weighted by Crippen LogP contribution is -1.99. The number of phenolic OH excluding ortho intramolecular Hbond substituents is 1. The smallest absolute Gasteiger partial charge is 0.303 e. The number of phenols is 1. The van der Waals surface area contributed by atoms with Gasteiger partial charge in [-0.2, -0.15) is 0 Å². The average Bonchev–Trinajstić information content (AvgIpc) is 2.66. The molecule has 1 aromatic heterocycles. The van der Waals surface area contributed by atoms with Crippen LogP contribution in [0.5, 0.6) is 5.75 Å². The fraction of sp³-hybridized carbons (Fsp3) is 0.0952. The Kier molecular flexibility index (Phi) is 5.08. The molecule has 26 heavy (non-hydrogen) atoms. The molecule has 0 radical (unpaired) electrons. The van der Waals surface area contributed by atoms with Gasteiger partial charge in [-0.05, 0) is 52.9 Å². The summed E-state index contributed by atoms with van der Waals surface area (Å²) in [5.41, 5.74) is 4.46. The lowest BCUT2D eigenvalue weighted by atomic mass is 9.92. The summed E-state index contributed by atoms with van der Waals surface area (Å²) in [6, 6.07) is 14.0. The highest BCUT2D eigenvalue weighted by molar-refractivity contribution is 5.90. The molecule has 3 rings (SSSR count). The lowest BCUT2D eigenvalue weighted by Gasteiger charge is -2.12. The summed E-state index contributed by atoms with van der Waals surface area (Å²) in [6.07, 6.45) is 4.41. The average molecular weight is 347 g/mol. The standard InChI is InChI=1S/C21H17NO4/c23-13-17-10-14(3-6-20(17)16-2-1-9-22-12-16)19-7-5-18(24)11-15(19)4-8-21(25)26/h1-3,5-7,9-13,24H,4,8H2,(H,25,26). The number of benzene rings is 2. The van der Waals surface area contributed by atoms with Crippen molar-refractivity contribution >= 4 is 12.3 Å². The molecule has 0 aliphatic heterocycles. The van der Waals surface area contributed by atoms with E-state index < -0.39 is 5.97 Å². The highest BCUT2D eigenvalue weighted by Crippen LogP contribution is 2.32. The molecule has 3 aromatic rings. The molecule has 0 aliphatic rings. The summed E-state index contributed by atoms with van der Waals surface area (Å²) in [5, 5.41) is 18.7. The van der Waals surface area contributed by atoms with Crippen LogP contribution in [-0.4, -0.2) is 27.5 Å². The van der Waals surface area contributed by atoms with Gasteiger partial charge in [-0.15, -0.1) is 0 Å². The summed E-state index contributed by atoms with van der Waals surface area (Å²) in [5.74, 6) is -0.823. The zero-order chi connectivity index (χ0) is 18.5. The molecular formula is C21H17NO4. The van der Waals surface area contributed by atoms with Gasteiger partial charge in [0.15, 0.2) is 6.29 Å². The van der Waals surface area contributed by atoms with E-state index in [9.17, 15) is 14.7 Å². The van der Waals surface area contributed by atoms with E-state index in [-0.39, 0.29) is 12.2 Å². The Morgan fingerprint density at radius 2 is 1.85 bits per heavy atom. The number of nitrogens with zero attached hydrogens (tertiary/aromatic N) is 1. The Morgan fingerprint density at radius 3 is 2.54 bits per heavy atom. The van der Waals surface area contributed by atoms with Gasteiger partial charge in [0.25, 0.3) is 0 Å². The number of carboxylic acid groups (broad SMARTS) is 1. The number of aromatic nitrogens is 1. The maximum atomic E-state index is 11.6. The van der Waals surface area contributed by atoms with Crippen LogP contribution in [0.2, 0.25) is 0 Å². The maximum absolute atomic E-state index is 11.6. The highest BCUT2D eigenvalue weighted by Gasteiger charge is 2.12. The number of rotatable bonds is 6. The zero-order valence-corrected chi connectivity index (χ0v) is 13.9. The van der Waals surface area contributed by atoms with Crippen molar-refractivity contribution in [2.24, 2.45) is 0 Å². The molecule has 130 valence electrons. The molecular weight excluding hydrogens is 330 g/mol. The van der Waals surface area contributed by atoms with Crippen LogP contribution < -0.4 is 0 Å². The maximum Gasteiger partial charge on any atom is 0.303 e. The number of aldehydes is 1. The van der Waals surface area contributed by atoms with Crippen LogP contribution in [0.25, 0.3) is 22.3 Å². The van der Waals surface area contributed by atoms with E-state index in [0.717, 1.165) is 34.1 Å². The first kappa shape index (κ1) is 17.4. The van der Waals surface area contributed by atoms with Gasteiger partial charge in [0.2, 0.25) is 0 Å². The summed E-state index contributed by atoms with van der Waals surface area (Å²) in [7, 11) is 0. The van der Waals surface area contributed by atoms with E-state index in [4.69, 9.17) is 5.11 Å². The molecule has 0 bridgehead atoms. The number of carbonyl (C=O) groups excluding carboxylic acids is 1. The quantitative estimate of drug-likeness (QED) is 0.659. The summed E-state index contributed by atoms with van der Waals surface area (Å²) < 4.78 is 0. The predicted octanol–water partition coefficient (Wildman–Crippen LogP) is 3.95. The predicted molar refractivity (Wildman–Crippen MR) is 98.1 cm³/mol. The third-order valence-corrected chi connectivity index (χ3v) is 4.16. The van der Waals surface area contributed by atoms with Crippen molar-refractivity contribution in [1.29, 1.82) is 0 Å². The van der Waals surface area contributed by atoms with Crippen LogP contribution in [0.15, 0.2) is 60.9 Å². The van der Waals surface area contributed by atoms with E-state index in [1.54, 1.807) is 36.7 Å². The van der Waals surface area contributed by atoms with Crippen molar-refractivity contribution < 1.29 is 19.8 Å². The van der Waals surface area contributed by atoms with Gasteiger partial charge >= 0.3 is 5.97 Å². The van der Waals surface area contributed by atoms with E-state index in [1.807, 2.05) is 24.3 Å². The van der Waals surface area contributed by atoms with E-state index in [2.05, 4.69) is 4.98 Å². The van der Waals surface area contributed by atoms with Gasteiger partial charge in [-0.1, -0.05) is 24.3 Å². The first-order chi connectivity index (χ1) is 12.6. The minimum absolute atomic E-state index is 0.0369. The van der Waals surface area contributed by atoms with Crippen molar-refractivity contribution in [3.8, 4) is 28.0 Å². The van der Waals surface area contributed by atoms with Gasteiger partial charge in [-0.3, -0.25) is 14.6 Å². The number of hydrogen-bond donors (Lipinski definition) is 2. The fourth-order valence-electron chi connectivity index (χ4n) is 2.92. The summed E-state index contributed by atoms with van der Waals surface area (Å²) in [4.78, 5) is 26.6. The molecule has 0 amide bonds. The third-order valence-electron chi connectivity index (χ3n) is 4.16. The van der Waals surface area contributed by atoms with Crippen LogP contribution in [-0.2, 0) is 11.2 Å². The van der Waals surface area contributed by atoms with Gasteiger partial charge in [-0.25, -0.2) is 0 Å². The summed E-state index contributed by atoms with van der Waals surface area (Å²) in [6.45, 7) is 0. The molecule has 0 saturated carbocycles. The van der Waals surface area contributed by atoms with Gasteiger partial charge in [0.05, 0.1) is 0 Å². The number of carboxylic acids is 1. The zero-order valence-electron chi connectivity index (χ0n) is 13.9. The molecule has 0 aliphatic carbocycles. The van der Waals surface area contributed by atoms with Crippen molar-refractivity contribution in [1.82, 2.24) is 4.98 Å². The van der Waals surface area contributed by atoms with Crippen LogP contribution in [0, 0.1) is 0 Å². The molecule has 5 heteroatoms. The molecule has 0 spiro atoms. The van der Waals surface area contributed by atoms with E-state index >= 15 is 0 Å². The number of carbonyl (C=O) groups is 2. The molecule has 2 aromatic carbocycles. The monoisotopic (exact) mass is 347 g/mol. The number of aryl methyl sites for hydroxylation is 1. The first-order valence-electron chi connectivity index (χ1n) is 8.12. The first-order valence-corrected chi connectivity index (χ1v) is 8.12. The van der Waals surface area contributed by atoms with Crippen molar-refractivity contribution in [2.75, 3.05) is 0 Å². The van der Waals surface area contributed by atoms with Crippen molar-refractivity contribution in [3.05, 3.63) is 72.1 Å². The number of aromatic hydroxyl groups is 1. The Hall–Kier alpha value is -3.47. The van der Waals surface area contributed by atoms with Gasteiger partial charge < -0.3 is 10.2 Å². The van der Waals surface area contributed by atoms with Crippen LogP contribution in [0.4, 0.5) is 0 Å². The van der Waals surface area contributed by atoms with E-state index in [1.165, 1.54) is 0 Å². The van der Waals surface area contributed by atoms with Gasteiger partial charge in [0.1, 0.15) is 5.75 Å². The Morgan fingerprint density at radius 1 is 1.04 bits per heavy atom. The molecule has 0 saturated heterocycles. The Balaban J connectivity index is 2.05. The Labute approximate surface area is 150 Å². The second-order valence-corrected chi connectivity index (χ2v) is 5.90. The van der Waals surface area contributed by atoms with Crippen LogP contribution in [0.3, 0.4) is 0 Å². The fourth-order valence-corrected chi connectivity index (χ4v) is 2.92. The van der Waals surface area contributed by atoms with E-state index in [0.29, 0.717) is 12.0 Å². The van der Waals surface area contributed by atoms with Crippen molar-refractivity contribution in [2.45, 2.75) is 12.8 Å². The topological polar surface area (TPSA) is 87.5 Å². The minimum atomic E-state index is -0.903. The van der Waals surface area contributed by atoms with Gasteiger partial charge in [0, 0.05) is 29.9 Å². The van der Waals surface area contributed by atoms with Crippen LogP contribution >= 0.6 is 0 Å². The largest absolute Gasteiger partial charge is 0.508 e. The number of pyridine rings is 1. The highest BCUT2D eigenvalue weighted by atomic mass is 16.4. The lowest BCUT2D eigenvalue weighted by molar-refractivity contribution is -0.136. The van der Waals surface area contributed by atoms with Crippen molar-refractivity contribution in [3.63, 3.8) is 0 Å². The molecule has 0 atom stereocenters. The number of hydrogen-bond acceptors (Lipinski definition) is 4. The Bertz CT molecular complexity index is 951. The van der Waals surface area contributed by atoms with Crippen LogP contribution in [0.1, 0.15) is 22.3 Å². The second-order valence-electron chi connectivity index (χ2n) is 5.90. The molecule has 0 unspecified atom stereocenters. The molecule has 2 N–H and O–H groups in total. The normalized spacial score (nSPS) is 10.5.